The molecule has 21 heavy (non-hydrogen) atoms. The van der Waals surface area contributed by atoms with E-state index in [1.54, 1.807) is 0 Å². The van der Waals surface area contributed by atoms with Gasteiger partial charge in [-0.25, -0.2) is 0 Å². The third-order valence-electron chi connectivity index (χ3n) is 3.63. The molecule has 5 nitrogen and oxygen atoms in total. The summed E-state index contributed by atoms with van der Waals surface area (Å²) in [5.74, 6) is 1.63. The van der Waals surface area contributed by atoms with E-state index in [2.05, 4.69) is 25.8 Å². The van der Waals surface area contributed by atoms with Crippen LogP contribution in [0.1, 0.15) is 27.2 Å². The fraction of sp³-hybridized carbons (Fsp3) is 0.500. The highest BCUT2D eigenvalue weighted by molar-refractivity contribution is 5.90. The van der Waals surface area contributed by atoms with Gasteiger partial charge in [0.25, 0.3) is 0 Å². The van der Waals surface area contributed by atoms with Crippen LogP contribution in [0.3, 0.4) is 0 Å². The maximum atomic E-state index is 9.29. The average Bonchev–Trinajstić information content (AvgIpc) is 2.85. The Morgan fingerprint density at radius 1 is 1.19 bits per heavy atom. The number of rotatable bonds is 6. The molecule has 1 heterocycles. The van der Waals surface area contributed by atoms with Gasteiger partial charge in [-0.1, -0.05) is 23.3 Å². The van der Waals surface area contributed by atoms with Crippen molar-refractivity contribution in [3.05, 3.63) is 30.3 Å². The number of para-hydroxylation sites is 1. The molecule has 1 aliphatic rings. The summed E-state index contributed by atoms with van der Waals surface area (Å²) in [4.78, 5) is 4.41. The second-order valence-electron chi connectivity index (χ2n) is 6.12. The van der Waals surface area contributed by atoms with Crippen LogP contribution in [0.15, 0.2) is 40.4 Å². The molecule has 114 valence electrons. The average molecular weight is 290 g/mol. The zero-order valence-corrected chi connectivity index (χ0v) is 13.0. The first kappa shape index (κ1) is 15.7. The summed E-state index contributed by atoms with van der Waals surface area (Å²) < 4.78 is 6.01. The Morgan fingerprint density at radius 3 is 2.52 bits per heavy atom. The van der Waals surface area contributed by atoms with Crippen LogP contribution >= 0.6 is 0 Å². The van der Waals surface area contributed by atoms with Crippen LogP contribution in [-0.2, 0) is 0 Å². The molecule has 1 N–H and O–H groups in total. The normalized spacial score (nSPS) is 21.4. The first-order valence-electron chi connectivity index (χ1n) is 7.28. The van der Waals surface area contributed by atoms with Gasteiger partial charge in [0, 0.05) is 6.42 Å². The Labute approximate surface area is 126 Å². The molecule has 0 saturated carbocycles. The smallest absolute Gasteiger partial charge is 0.219 e. The highest BCUT2D eigenvalue weighted by atomic mass is 16.5. The maximum absolute atomic E-state index is 9.29. The van der Waals surface area contributed by atoms with Gasteiger partial charge >= 0.3 is 0 Å². The number of amidine groups is 1. The minimum absolute atomic E-state index is 0.0839. The second-order valence-corrected chi connectivity index (χ2v) is 6.12. The van der Waals surface area contributed by atoms with Gasteiger partial charge < -0.3 is 9.84 Å². The summed E-state index contributed by atoms with van der Waals surface area (Å²) in [5, 5.41) is 14.0. The highest BCUT2D eigenvalue weighted by Crippen LogP contribution is 2.27. The molecule has 1 atom stereocenters. The zero-order valence-electron chi connectivity index (χ0n) is 13.0. The number of hydrogen-bond acceptors (Lipinski definition) is 4. The highest BCUT2D eigenvalue weighted by Gasteiger charge is 2.43. The lowest BCUT2D eigenvalue weighted by molar-refractivity contribution is -0.888. The Morgan fingerprint density at radius 2 is 1.90 bits per heavy atom. The molecule has 0 saturated heterocycles. The fourth-order valence-corrected chi connectivity index (χ4v) is 2.23. The van der Waals surface area contributed by atoms with E-state index in [0.29, 0.717) is 24.2 Å². The number of nitrogens with zero attached hydrogens (tertiary/aromatic N) is 3. The first-order chi connectivity index (χ1) is 9.97. The van der Waals surface area contributed by atoms with E-state index < -0.39 is 0 Å². The van der Waals surface area contributed by atoms with Crippen LogP contribution in [0.4, 0.5) is 0 Å². The van der Waals surface area contributed by atoms with Crippen LogP contribution in [0, 0.1) is 0 Å². The summed E-state index contributed by atoms with van der Waals surface area (Å²) in [6.45, 7) is 7.46. The van der Waals surface area contributed by atoms with E-state index in [1.165, 1.54) is 0 Å². The molecule has 1 aromatic rings. The number of hydrogen-bond donors (Lipinski definition) is 1. The monoisotopic (exact) mass is 290 g/mol. The molecule has 1 aromatic carbocycles. The number of benzene rings is 1. The summed E-state index contributed by atoms with van der Waals surface area (Å²) in [6.07, 6.45) is 2.49. The topological polar surface area (TPSA) is 54.2 Å². The number of aliphatic hydroxyl groups excluding tert-OH is 1. The summed E-state index contributed by atoms with van der Waals surface area (Å²) in [7, 11) is 0. The summed E-state index contributed by atoms with van der Waals surface area (Å²) >= 11 is 0. The number of quaternary nitrogens is 1. The third kappa shape index (κ3) is 3.68. The lowest BCUT2D eigenvalue weighted by Crippen LogP contribution is -2.55. The van der Waals surface area contributed by atoms with Crippen LogP contribution in [0.25, 0.3) is 0 Å². The van der Waals surface area contributed by atoms with Gasteiger partial charge in [0.1, 0.15) is 17.8 Å². The van der Waals surface area contributed by atoms with Crippen LogP contribution < -0.4 is 4.74 Å². The molecule has 0 amide bonds. The lowest BCUT2D eigenvalue weighted by Gasteiger charge is -2.36. The number of aliphatic imine (C=N–C) groups is 1. The largest absolute Gasteiger partial charge is 0.493 e. The van der Waals surface area contributed by atoms with E-state index in [-0.39, 0.29) is 12.1 Å². The standard InChI is InChI=1S/C16H24N3O2/c1-16(2,3)19(10-11-20)13-17-15(18-19)9-12-21-14-7-5-4-6-8-14/h4-8,13,20H,9-12H2,1-3H3/q+1. The molecular formula is C16H24N3O2+. The van der Waals surface area contributed by atoms with E-state index in [0.717, 1.165) is 11.6 Å². The molecule has 0 radical (unpaired) electrons. The first-order valence-corrected chi connectivity index (χ1v) is 7.28. The van der Waals surface area contributed by atoms with E-state index in [1.807, 2.05) is 36.7 Å². The van der Waals surface area contributed by atoms with Gasteiger partial charge in [-0.2, -0.15) is 4.99 Å². The Bertz CT molecular complexity index is 520. The summed E-state index contributed by atoms with van der Waals surface area (Å²) in [6, 6.07) is 9.72. The Hall–Kier alpha value is -1.72. The second kappa shape index (κ2) is 6.37. The van der Waals surface area contributed by atoms with Crippen molar-refractivity contribution >= 4 is 12.2 Å². The van der Waals surface area contributed by atoms with Gasteiger partial charge in [-0.15, -0.1) is 4.59 Å². The molecule has 2 rings (SSSR count). The zero-order chi connectivity index (χ0) is 15.3. The van der Waals surface area contributed by atoms with Gasteiger partial charge in [-0.3, -0.25) is 0 Å². The van der Waals surface area contributed by atoms with Crippen molar-refractivity contribution in [2.24, 2.45) is 10.1 Å². The van der Waals surface area contributed by atoms with Crippen molar-refractivity contribution < 1.29 is 14.4 Å². The molecule has 0 spiro atoms. The number of ether oxygens (including phenoxy) is 1. The van der Waals surface area contributed by atoms with E-state index >= 15 is 0 Å². The summed E-state index contributed by atoms with van der Waals surface area (Å²) in [5.41, 5.74) is -0.131. The van der Waals surface area contributed by atoms with Crippen molar-refractivity contribution in [1.29, 1.82) is 0 Å². The SMILES string of the molecule is CC(C)(C)[N+]1(CCO)C=NC(CCOc2ccccc2)=N1. The van der Waals surface area contributed by atoms with E-state index in [4.69, 9.17) is 9.84 Å². The molecule has 0 aliphatic carbocycles. The van der Waals surface area contributed by atoms with Crippen molar-refractivity contribution in [3.63, 3.8) is 0 Å². The van der Waals surface area contributed by atoms with Crippen LogP contribution in [-0.4, -0.2) is 47.2 Å². The van der Waals surface area contributed by atoms with Crippen LogP contribution in [0.2, 0.25) is 0 Å². The molecule has 1 aliphatic heterocycles. The van der Waals surface area contributed by atoms with Crippen LogP contribution in [0.5, 0.6) is 5.75 Å². The van der Waals surface area contributed by atoms with Crippen molar-refractivity contribution in [3.8, 4) is 5.75 Å². The molecule has 5 heteroatoms. The lowest BCUT2D eigenvalue weighted by atomic mass is 10.1. The van der Waals surface area contributed by atoms with E-state index in [9.17, 15) is 5.11 Å². The molecule has 0 fully saturated rings. The van der Waals surface area contributed by atoms with Gasteiger partial charge in [0.05, 0.1) is 13.2 Å². The number of aliphatic hydroxyl groups is 1. The van der Waals surface area contributed by atoms with Crippen molar-refractivity contribution in [1.82, 2.24) is 0 Å². The van der Waals surface area contributed by atoms with Crippen molar-refractivity contribution in [2.75, 3.05) is 19.8 Å². The molecule has 0 aromatic heterocycles. The Balaban J connectivity index is 1.96. The van der Waals surface area contributed by atoms with Gasteiger partial charge in [0.2, 0.25) is 6.34 Å². The predicted octanol–water partition coefficient (Wildman–Crippen LogP) is 2.42. The third-order valence-corrected chi connectivity index (χ3v) is 3.63. The quantitative estimate of drug-likeness (QED) is 0.818. The molecule has 0 bridgehead atoms. The minimum Gasteiger partial charge on any atom is -0.493 e. The fourth-order valence-electron chi connectivity index (χ4n) is 2.23. The van der Waals surface area contributed by atoms with Crippen molar-refractivity contribution in [2.45, 2.75) is 32.7 Å². The Kier molecular flexibility index (Phi) is 4.75. The molecule has 1 unspecified atom stereocenters. The maximum Gasteiger partial charge on any atom is 0.219 e. The van der Waals surface area contributed by atoms with Gasteiger partial charge in [-0.05, 0) is 32.9 Å². The van der Waals surface area contributed by atoms with Gasteiger partial charge in [0.15, 0.2) is 5.84 Å². The molecular weight excluding hydrogens is 266 g/mol. The minimum atomic E-state index is -0.131. The predicted molar refractivity (Wildman–Crippen MR) is 84.4 cm³/mol.